The molecule has 0 saturated heterocycles. The van der Waals surface area contributed by atoms with Crippen molar-refractivity contribution in [1.29, 1.82) is 0 Å². The summed E-state index contributed by atoms with van der Waals surface area (Å²) in [5, 5.41) is 0. The molecule has 1 unspecified atom stereocenters. The van der Waals surface area contributed by atoms with Crippen LogP contribution in [0.15, 0.2) is 30.3 Å². The molecule has 1 fully saturated rings. The molecule has 0 aromatic heterocycles. The van der Waals surface area contributed by atoms with E-state index >= 15 is 0 Å². The van der Waals surface area contributed by atoms with Crippen molar-refractivity contribution in [3.63, 3.8) is 0 Å². The van der Waals surface area contributed by atoms with Gasteiger partial charge >= 0.3 is 7.80 Å². The molecule has 1 nitrogen and oxygen atoms in total. The molecule has 1 aliphatic rings. The fraction of sp³-hybridized carbons (Fsp3) is 0.571. The SMILES string of the molecule is O=[P+](CCc1ccccc1)C1CCCCC1. The lowest BCUT2D eigenvalue weighted by atomic mass is 10.0. The number of benzene rings is 1. The van der Waals surface area contributed by atoms with E-state index in [4.69, 9.17) is 0 Å². The molecule has 86 valence electrons. The second-order valence-electron chi connectivity index (χ2n) is 4.67. The first-order valence-corrected chi connectivity index (χ1v) is 7.85. The van der Waals surface area contributed by atoms with Crippen LogP contribution >= 0.6 is 7.80 Å². The third kappa shape index (κ3) is 3.42. The molecule has 1 atom stereocenters. The van der Waals surface area contributed by atoms with Gasteiger partial charge < -0.3 is 0 Å². The maximum Gasteiger partial charge on any atom is 0.342 e. The lowest BCUT2D eigenvalue weighted by Gasteiger charge is -2.12. The first kappa shape index (κ1) is 11.8. The molecule has 1 aromatic rings. The van der Waals surface area contributed by atoms with Gasteiger partial charge in [0, 0.05) is 6.42 Å². The van der Waals surface area contributed by atoms with Crippen LogP contribution in [0.3, 0.4) is 0 Å². The molecule has 0 amide bonds. The average molecular weight is 235 g/mol. The highest BCUT2D eigenvalue weighted by Crippen LogP contribution is 2.38. The monoisotopic (exact) mass is 235 g/mol. The maximum absolute atomic E-state index is 12.1. The summed E-state index contributed by atoms with van der Waals surface area (Å²) in [6, 6.07) is 10.4. The zero-order valence-electron chi connectivity index (χ0n) is 9.77. The molecular formula is C14H20OP+. The Hall–Kier alpha value is -0.680. The average Bonchev–Trinajstić information content (AvgIpc) is 2.38. The van der Waals surface area contributed by atoms with Crippen molar-refractivity contribution in [3.8, 4) is 0 Å². The highest BCUT2D eigenvalue weighted by Gasteiger charge is 2.30. The van der Waals surface area contributed by atoms with E-state index in [2.05, 4.69) is 24.3 Å². The van der Waals surface area contributed by atoms with E-state index in [-0.39, 0.29) is 0 Å². The Kier molecular flexibility index (Phi) is 4.54. The van der Waals surface area contributed by atoms with E-state index in [0.29, 0.717) is 5.66 Å². The van der Waals surface area contributed by atoms with Crippen LogP contribution in [0.4, 0.5) is 0 Å². The van der Waals surface area contributed by atoms with Gasteiger partial charge in [-0.1, -0.05) is 41.3 Å². The van der Waals surface area contributed by atoms with E-state index in [0.717, 1.165) is 12.6 Å². The van der Waals surface area contributed by atoms with Crippen molar-refractivity contribution in [2.24, 2.45) is 0 Å². The number of hydrogen-bond acceptors (Lipinski definition) is 1. The number of hydrogen-bond donors (Lipinski definition) is 0. The van der Waals surface area contributed by atoms with Crippen LogP contribution in [0, 0.1) is 0 Å². The Labute approximate surface area is 99.0 Å². The molecule has 0 radical (unpaired) electrons. The summed E-state index contributed by atoms with van der Waals surface area (Å²) in [5.74, 6) is 0. The largest absolute Gasteiger partial charge is 0.342 e. The lowest BCUT2D eigenvalue weighted by Crippen LogP contribution is -2.09. The first-order chi connectivity index (χ1) is 7.86. The van der Waals surface area contributed by atoms with Crippen molar-refractivity contribution in [2.45, 2.75) is 44.2 Å². The molecule has 2 rings (SSSR count). The fourth-order valence-electron chi connectivity index (χ4n) is 2.44. The van der Waals surface area contributed by atoms with E-state index in [1.807, 2.05) is 6.07 Å². The summed E-state index contributed by atoms with van der Waals surface area (Å²) in [7, 11) is -0.972. The molecular weight excluding hydrogens is 215 g/mol. The van der Waals surface area contributed by atoms with Gasteiger partial charge in [-0.3, -0.25) is 0 Å². The highest BCUT2D eigenvalue weighted by molar-refractivity contribution is 7.45. The molecule has 1 saturated carbocycles. The molecule has 0 spiro atoms. The van der Waals surface area contributed by atoms with Gasteiger partial charge in [-0.15, -0.1) is 0 Å². The van der Waals surface area contributed by atoms with Crippen LogP contribution in [0.2, 0.25) is 0 Å². The van der Waals surface area contributed by atoms with E-state index in [1.54, 1.807) is 0 Å². The minimum absolute atomic E-state index is 0.521. The molecule has 16 heavy (non-hydrogen) atoms. The van der Waals surface area contributed by atoms with Crippen molar-refractivity contribution < 1.29 is 4.57 Å². The third-order valence-electron chi connectivity index (χ3n) is 3.45. The number of rotatable bonds is 4. The van der Waals surface area contributed by atoms with Gasteiger partial charge in [-0.05, 0) is 31.2 Å². The third-order valence-corrected chi connectivity index (χ3v) is 5.44. The topological polar surface area (TPSA) is 17.1 Å². The smallest absolute Gasteiger partial charge is 0.0745 e. The molecule has 0 heterocycles. The molecule has 2 heteroatoms. The standard InChI is InChI=1S/C14H20OP/c15-16(14-9-5-2-6-10-14)12-11-13-7-3-1-4-8-13/h1,3-4,7-8,14H,2,5-6,9-12H2/q+1. The minimum atomic E-state index is -0.972. The lowest BCUT2D eigenvalue weighted by molar-refractivity contribution is 0.491. The fourth-order valence-corrected chi connectivity index (χ4v) is 4.22. The van der Waals surface area contributed by atoms with Gasteiger partial charge in [0.25, 0.3) is 0 Å². The van der Waals surface area contributed by atoms with Crippen LogP contribution in [-0.4, -0.2) is 11.8 Å². The predicted molar refractivity (Wildman–Crippen MR) is 69.5 cm³/mol. The normalized spacial score (nSPS) is 18.4. The predicted octanol–water partition coefficient (Wildman–Crippen LogP) is 4.39. The summed E-state index contributed by atoms with van der Waals surface area (Å²) >= 11 is 0. The van der Waals surface area contributed by atoms with Crippen LogP contribution in [0.1, 0.15) is 37.7 Å². The van der Waals surface area contributed by atoms with Crippen molar-refractivity contribution >= 4 is 7.80 Å². The Bertz CT molecular complexity index is 328. The Balaban J connectivity index is 1.79. The second kappa shape index (κ2) is 6.15. The molecule has 0 bridgehead atoms. The summed E-state index contributed by atoms with van der Waals surface area (Å²) < 4.78 is 12.1. The van der Waals surface area contributed by atoms with E-state index < -0.39 is 7.80 Å². The van der Waals surface area contributed by atoms with Gasteiger partial charge in [0.2, 0.25) is 0 Å². The van der Waals surface area contributed by atoms with Crippen molar-refractivity contribution in [1.82, 2.24) is 0 Å². The minimum Gasteiger partial charge on any atom is -0.0745 e. The maximum atomic E-state index is 12.1. The molecule has 0 N–H and O–H groups in total. The van der Waals surface area contributed by atoms with Gasteiger partial charge in [0.15, 0.2) is 5.66 Å². The van der Waals surface area contributed by atoms with Crippen LogP contribution in [0.25, 0.3) is 0 Å². The zero-order valence-corrected chi connectivity index (χ0v) is 10.7. The van der Waals surface area contributed by atoms with Gasteiger partial charge in [-0.25, -0.2) is 0 Å². The van der Waals surface area contributed by atoms with Crippen molar-refractivity contribution in [3.05, 3.63) is 35.9 Å². The summed E-state index contributed by atoms with van der Waals surface area (Å²) in [6.45, 7) is 0. The van der Waals surface area contributed by atoms with Crippen molar-refractivity contribution in [2.75, 3.05) is 6.16 Å². The van der Waals surface area contributed by atoms with E-state index in [9.17, 15) is 4.57 Å². The Morgan fingerprint density at radius 1 is 1.06 bits per heavy atom. The Morgan fingerprint density at radius 2 is 1.75 bits per heavy atom. The summed E-state index contributed by atoms with van der Waals surface area (Å²) in [5.41, 5.74) is 1.84. The molecule has 1 aliphatic carbocycles. The van der Waals surface area contributed by atoms with Gasteiger partial charge in [0.05, 0.1) is 0 Å². The quantitative estimate of drug-likeness (QED) is 0.707. The zero-order chi connectivity index (χ0) is 11.2. The Morgan fingerprint density at radius 3 is 2.44 bits per heavy atom. The summed E-state index contributed by atoms with van der Waals surface area (Å²) in [4.78, 5) is 0. The molecule has 0 aliphatic heterocycles. The first-order valence-electron chi connectivity index (χ1n) is 6.34. The summed E-state index contributed by atoms with van der Waals surface area (Å²) in [6.07, 6.45) is 8.18. The van der Waals surface area contributed by atoms with Crippen LogP contribution < -0.4 is 0 Å². The van der Waals surface area contributed by atoms with Gasteiger partial charge in [0.1, 0.15) is 6.16 Å². The highest BCUT2D eigenvalue weighted by atomic mass is 31.1. The second-order valence-corrected chi connectivity index (χ2v) is 6.68. The van der Waals surface area contributed by atoms with Gasteiger partial charge in [-0.2, -0.15) is 0 Å². The molecule has 1 aromatic carbocycles. The van der Waals surface area contributed by atoms with Crippen LogP contribution in [-0.2, 0) is 11.0 Å². The van der Waals surface area contributed by atoms with E-state index in [1.165, 1.54) is 37.7 Å². The number of aryl methyl sites for hydroxylation is 1. The van der Waals surface area contributed by atoms with Crippen LogP contribution in [0.5, 0.6) is 0 Å².